The molecule has 0 aliphatic carbocycles. The molecule has 140 valence electrons. The van der Waals surface area contributed by atoms with Gasteiger partial charge >= 0.3 is 0 Å². The maximum atomic E-state index is 12.0. The van der Waals surface area contributed by atoms with Gasteiger partial charge in [-0.2, -0.15) is 0 Å². The molecule has 1 aliphatic heterocycles. The first kappa shape index (κ1) is 19.7. The Kier molecular flexibility index (Phi) is 7.68. The van der Waals surface area contributed by atoms with E-state index in [4.69, 9.17) is 4.74 Å². The first-order chi connectivity index (χ1) is 12.0. The molecule has 0 saturated carbocycles. The van der Waals surface area contributed by atoms with Crippen LogP contribution in [-0.4, -0.2) is 73.0 Å². The van der Waals surface area contributed by atoms with Gasteiger partial charge in [-0.1, -0.05) is 12.1 Å². The summed E-state index contributed by atoms with van der Waals surface area (Å²) in [5, 5.41) is 3.06. The van der Waals surface area contributed by atoms with E-state index in [1.54, 1.807) is 9.80 Å². The quantitative estimate of drug-likeness (QED) is 0.527. The van der Waals surface area contributed by atoms with Crippen LogP contribution in [0.4, 0.5) is 5.69 Å². The molecule has 1 aliphatic rings. The van der Waals surface area contributed by atoms with E-state index >= 15 is 0 Å². The Morgan fingerprint density at radius 1 is 1.20 bits per heavy atom. The molecule has 1 fully saturated rings. The molecule has 6 nitrogen and oxygen atoms in total. The fourth-order valence-corrected chi connectivity index (χ4v) is 3.31. The first-order valence-corrected chi connectivity index (χ1v) is 9.28. The molecule has 1 aromatic rings. The Balaban J connectivity index is 2.06. The number of nitrogens with zero attached hydrogens (tertiary/aromatic N) is 1. The minimum absolute atomic E-state index is 0.0316. The first-order valence-electron chi connectivity index (χ1n) is 9.28. The molecular formula is C19H34N4O2+2. The number of hydrogen-bond acceptors (Lipinski definition) is 3. The van der Waals surface area contributed by atoms with E-state index < -0.39 is 0 Å². The van der Waals surface area contributed by atoms with Gasteiger partial charge in [0.25, 0.3) is 0 Å². The summed E-state index contributed by atoms with van der Waals surface area (Å²) in [5.74, 6) is -0.0316. The lowest BCUT2D eigenvalue weighted by molar-refractivity contribution is -1.02. The van der Waals surface area contributed by atoms with Gasteiger partial charge in [0.15, 0.2) is 0 Å². The van der Waals surface area contributed by atoms with E-state index in [0.29, 0.717) is 13.2 Å². The summed E-state index contributed by atoms with van der Waals surface area (Å²) in [6, 6.07) is 9.01. The number of nitrogens with one attached hydrogen (secondary N) is 3. The number of rotatable bonds is 8. The summed E-state index contributed by atoms with van der Waals surface area (Å²) in [4.78, 5) is 17.2. The third-order valence-electron chi connectivity index (χ3n) is 4.99. The lowest BCUT2D eigenvalue weighted by atomic mass is 10.0. The van der Waals surface area contributed by atoms with Gasteiger partial charge < -0.3 is 24.8 Å². The maximum absolute atomic E-state index is 12.0. The fourth-order valence-electron chi connectivity index (χ4n) is 3.31. The Labute approximate surface area is 151 Å². The van der Waals surface area contributed by atoms with Crippen molar-refractivity contribution >= 4 is 11.6 Å². The molecule has 3 N–H and O–H groups in total. The summed E-state index contributed by atoms with van der Waals surface area (Å²) in [5.41, 5.74) is 2.48. The van der Waals surface area contributed by atoms with Gasteiger partial charge in [0.05, 0.1) is 13.6 Å². The summed E-state index contributed by atoms with van der Waals surface area (Å²) >= 11 is 0. The van der Waals surface area contributed by atoms with Crippen LogP contribution < -0.4 is 20.0 Å². The smallest absolute Gasteiger partial charge is 0.246 e. The lowest BCUT2D eigenvalue weighted by Gasteiger charge is -2.33. The minimum Gasteiger partial charge on any atom is -0.378 e. The van der Waals surface area contributed by atoms with E-state index in [-0.39, 0.29) is 18.6 Å². The predicted molar refractivity (Wildman–Crippen MR) is 100 cm³/mol. The van der Waals surface area contributed by atoms with Crippen molar-refractivity contribution in [2.24, 2.45) is 0 Å². The number of benzene rings is 1. The molecule has 0 aromatic heterocycles. The molecule has 0 unspecified atom stereocenters. The molecule has 1 atom stereocenters. The largest absolute Gasteiger partial charge is 0.378 e. The van der Waals surface area contributed by atoms with Crippen LogP contribution in [0.1, 0.15) is 18.5 Å². The average molecular weight is 351 g/mol. The second-order valence-electron chi connectivity index (χ2n) is 7.10. The number of hydrogen-bond donors (Lipinski definition) is 3. The predicted octanol–water partition coefficient (Wildman–Crippen LogP) is -1.64. The van der Waals surface area contributed by atoms with Crippen molar-refractivity contribution in [3.05, 3.63) is 29.8 Å². The highest BCUT2D eigenvalue weighted by Gasteiger charge is 2.29. The van der Waals surface area contributed by atoms with Crippen LogP contribution in [0.25, 0.3) is 0 Å². The Morgan fingerprint density at radius 2 is 1.84 bits per heavy atom. The van der Waals surface area contributed by atoms with Crippen LogP contribution in [-0.2, 0) is 9.53 Å². The standard InChI is InChI=1S/C19H32N4O2/c1-5-25-15-19(24)20-14-18(23-12-10-22(4)11-13-23)16-6-8-17(9-7-16)21(2)3/h6-9,18H,5,10-15H2,1-4H3,(H,20,24)/p+2/t18-/m0/s1. The molecule has 1 amide bonds. The highest BCUT2D eigenvalue weighted by molar-refractivity contribution is 5.77. The molecule has 1 heterocycles. The number of anilines is 1. The van der Waals surface area contributed by atoms with Crippen LogP contribution in [0.3, 0.4) is 0 Å². The van der Waals surface area contributed by atoms with Crippen LogP contribution in [0.5, 0.6) is 0 Å². The zero-order valence-electron chi connectivity index (χ0n) is 16.1. The van der Waals surface area contributed by atoms with E-state index in [9.17, 15) is 4.79 Å². The highest BCUT2D eigenvalue weighted by atomic mass is 16.5. The third kappa shape index (κ3) is 5.99. The van der Waals surface area contributed by atoms with Crippen LogP contribution in [0.2, 0.25) is 0 Å². The molecule has 25 heavy (non-hydrogen) atoms. The summed E-state index contributed by atoms with van der Waals surface area (Å²) in [6.07, 6.45) is 0. The number of amides is 1. The van der Waals surface area contributed by atoms with Crippen molar-refractivity contribution in [3.8, 4) is 0 Å². The number of ether oxygens (including phenoxy) is 1. The van der Waals surface area contributed by atoms with Crippen molar-refractivity contribution in [1.82, 2.24) is 5.32 Å². The van der Waals surface area contributed by atoms with Crippen molar-refractivity contribution < 1.29 is 19.3 Å². The number of likely N-dealkylation sites (N-methyl/N-ethyl adjacent to an activating group) is 1. The van der Waals surface area contributed by atoms with Gasteiger partial charge in [-0.15, -0.1) is 0 Å². The average Bonchev–Trinajstić information content (AvgIpc) is 2.62. The maximum Gasteiger partial charge on any atom is 0.246 e. The lowest BCUT2D eigenvalue weighted by Crippen LogP contribution is -3.27. The minimum atomic E-state index is -0.0316. The van der Waals surface area contributed by atoms with Gasteiger partial charge in [-0.3, -0.25) is 4.79 Å². The molecule has 2 rings (SSSR count). The number of carbonyl (C=O) groups is 1. The molecule has 0 bridgehead atoms. The second-order valence-corrected chi connectivity index (χ2v) is 7.10. The van der Waals surface area contributed by atoms with Crippen LogP contribution in [0.15, 0.2) is 24.3 Å². The summed E-state index contributed by atoms with van der Waals surface area (Å²) in [7, 11) is 6.35. The number of carbonyl (C=O) groups excluding carboxylic acids is 1. The fraction of sp³-hybridized carbons (Fsp3) is 0.632. The van der Waals surface area contributed by atoms with Gasteiger partial charge in [0.2, 0.25) is 5.91 Å². The molecule has 0 radical (unpaired) electrons. The van der Waals surface area contributed by atoms with Gasteiger partial charge in [0.1, 0.15) is 38.8 Å². The topological polar surface area (TPSA) is 50.4 Å². The molecule has 1 aromatic carbocycles. The highest BCUT2D eigenvalue weighted by Crippen LogP contribution is 2.16. The number of quaternary nitrogens is 2. The molecular weight excluding hydrogens is 316 g/mol. The normalized spacial score (nSPS) is 21.6. The van der Waals surface area contributed by atoms with E-state index in [1.165, 1.54) is 24.3 Å². The van der Waals surface area contributed by atoms with Crippen molar-refractivity contribution in [2.75, 3.05) is 72.0 Å². The van der Waals surface area contributed by atoms with Gasteiger partial charge in [-0.05, 0) is 19.1 Å². The van der Waals surface area contributed by atoms with Gasteiger partial charge in [0, 0.05) is 32.0 Å². The van der Waals surface area contributed by atoms with E-state index in [1.807, 2.05) is 6.92 Å². The second kappa shape index (κ2) is 9.75. The monoisotopic (exact) mass is 350 g/mol. The van der Waals surface area contributed by atoms with E-state index in [2.05, 4.69) is 55.6 Å². The Morgan fingerprint density at radius 3 is 2.40 bits per heavy atom. The Hall–Kier alpha value is -1.63. The van der Waals surface area contributed by atoms with Crippen LogP contribution in [0, 0.1) is 0 Å². The van der Waals surface area contributed by atoms with Crippen LogP contribution >= 0.6 is 0 Å². The molecule has 0 spiro atoms. The SMILES string of the molecule is CCOCC(=O)NC[C@@H](c1ccc(N(C)C)cc1)[NH+]1CC[NH+](C)CC1. The molecule has 1 saturated heterocycles. The van der Waals surface area contributed by atoms with Crippen molar-refractivity contribution in [2.45, 2.75) is 13.0 Å². The zero-order valence-corrected chi connectivity index (χ0v) is 16.1. The third-order valence-corrected chi connectivity index (χ3v) is 4.99. The Bertz CT molecular complexity index is 525. The number of piperazine rings is 1. The van der Waals surface area contributed by atoms with Gasteiger partial charge in [-0.25, -0.2) is 0 Å². The summed E-state index contributed by atoms with van der Waals surface area (Å²) in [6.45, 7) is 7.88. The van der Waals surface area contributed by atoms with Crippen molar-refractivity contribution in [1.29, 1.82) is 0 Å². The molecule has 6 heteroatoms. The van der Waals surface area contributed by atoms with Crippen molar-refractivity contribution in [3.63, 3.8) is 0 Å². The van der Waals surface area contributed by atoms with E-state index in [0.717, 1.165) is 13.1 Å². The zero-order chi connectivity index (χ0) is 18.2. The summed E-state index contributed by atoms with van der Waals surface area (Å²) < 4.78 is 5.21.